The summed E-state index contributed by atoms with van der Waals surface area (Å²) in [5, 5.41) is 5.29. The number of imide groups is 1. The molecule has 0 radical (unpaired) electrons. The number of carbonyl (C=O) groups is 3. The van der Waals surface area contributed by atoms with Crippen LogP contribution in [0.4, 0.5) is 4.79 Å². The monoisotopic (exact) mass is 386 g/mol. The maximum atomic E-state index is 12.7. The first-order valence-electron chi connectivity index (χ1n) is 10.2. The van der Waals surface area contributed by atoms with Gasteiger partial charge in [-0.05, 0) is 38.3 Å². The van der Waals surface area contributed by atoms with Crippen molar-refractivity contribution in [3.8, 4) is 0 Å². The molecule has 152 valence electrons. The lowest BCUT2D eigenvalue weighted by Gasteiger charge is -2.22. The van der Waals surface area contributed by atoms with Crippen molar-refractivity contribution in [2.75, 3.05) is 32.7 Å². The average Bonchev–Trinajstić information content (AvgIpc) is 3.05. The molecule has 2 aliphatic rings. The van der Waals surface area contributed by atoms with Crippen molar-refractivity contribution >= 4 is 17.8 Å². The van der Waals surface area contributed by atoms with E-state index < -0.39 is 6.03 Å². The normalized spacial score (nSPS) is 18.5. The molecule has 0 bridgehead atoms. The molecular formula is C21H30N4O3. The number of nitrogens with zero attached hydrogens (tertiary/aromatic N) is 2. The summed E-state index contributed by atoms with van der Waals surface area (Å²) in [6.45, 7) is 4.75. The van der Waals surface area contributed by atoms with Crippen LogP contribution in [-0.4, -0.2) is 66.4 Å². The minimum Gasteiger partial charge on any atom is -0.337 e. The number of hydrogen-bond donors (Lipinski definition) is 2. The van der Waals surface area contributed by atoms with Crippen molar-refractivity contribution in [1.29, 1.82) is 0 Å². The summed E-state index contributed by atoms with van der Waals surface area (Å²) in [7, 11) is 0. The van der Waals surface area contributed by atoms with E-state index in [4.69, 9.17) is 0 Å². The number of amides is 4. The van der Waals surface area contributed by atoms with Gasteiger partial charge in [-0.25, -0.2) is 4.79 Å². The Labute approximate surface area is 166 Å². The molecule has 0 atom stereocenters. The van der Waals surface area contributed by atoms with Gasteiger partial charge in [0, 0.05) is 37.8 Å². The highest BCUT2D eigenvalue weighted by atomic mass is 16.2. The predicted octanol–water partition coefficient (Wildman–Crippen LogP) is 1.91. The Kier molecular flexibility index (Phi) is 7.03. The molecule has 0 unspecified atom stereocenters. The third kappa shape index (κ3) is 5.79. The summed E-state index contributed by atoms with van der Waals surface area (Å²) >= 11 is 0. The second kappa shape index (κ2) is 9.68. The minimum atomic E-state index is -0.400. The fourth-order valence-electron chi connectivity index (χ4n) is 3.95. The van der Waals surface area contributed by atoms with Gasteiger partial charge in [0.25, 0.3) is 5.91 Å². The topological polar surface area (TPSA) is 81.8 Å². The Hall–Kier alpha value is -2.41. The highest BCUT2D eigenvalue weighted by molar-refractivity contribution is 5.95. The maximum absolute atomic E-state index is 12.7. The van der Waals surface area contributed by atoms with E-state index in [1.807, 2.05) is 41.0 Å². The SMILES string of the molecule is Cc1cccc(C(=O)N2CCCN(CC(=O)NC(=O)NC3CCCC3)CC2)c1. The predicted molar refractivity (Wildman–Crippen MR) is 107 cm³/mol. The number of nitrogens with one attached hydrogen (secondary N) is 2. The Bertz CT molecular complexity index is 715. The van der Waals surface area contributed by atoms with Gasteiger partial charge < -0.3 is 10.2 Å². The van der Waals surface area contributed by atoms with E-state index in [9.17, 15) is 14.4 Å². The zero-order valence-electron chi connectivity index (χ0n) is 16.6. The van der Waals surface area contributed by atoms with Crippen LogP contribution in [0, 0.1) is 6.92 Å². The molecule has 1 aromatic carbocycles. The van der Waals surface area contributed by atoms with Crippen molar-refractivity contribution < 1.29 is 14.4 Å². The average molecular weight is 386 g/mol. The molecule has 1 aliphatic heterocycles. The third-order valence-corrected chi connectivity index (χ3v) is 5.45. The standard InChI is InChI=1S/C21H30N4O3/c1-16-6-4-7-17(14-16)20(27)25-11-5-10-24(12-13-25)15-19(26)23-21(28)22-18-8-2-3-9-18/h4,6-7,14,18H,2-3,5,8-13,15H2,1H3,(H2,22,23,26,28). The van der Waals surface area contributed by atoms with E-state index >= 15 is 0 Å². The Morgan fingerprint density at radius 2 is 1.82 bits per heavy atom. The van der Waals surface area contributed by atoms with Gasteiger partial charge >= 0.3 is 6.03 Å². The second-order valence-corrected chi connectivity index (χ2v) is 7.79. The van der Waals surface area contributed by atoms with Crippen molar-refractivity contribution in [2.45, 2.75) is 45.1 Å². The molecule has 2 fully saturated rings. The number of carbonyl (C=O) groups excluding carboxylic acids is 3. The number of rotatable bonds is 4. The number of hydrogen-bond acceptors (Lipinski definition) is 4. The first kappa shape index (κ1) is 20.3. The molecule has 7 nitrogen and oxygen atoms in total. The van der Waals surface area contributed by atoms with Crippen LogP contribution < -0.4 is 10.6 Å². The molecule has 1 saturated heterocycles. The van der Waals surface area contributed by atoms with Crippen LogP contribution in [0.15, 0.2) is 24.3 Å². The van der Waals surface area contributed by atoms with Crippen LogP contribution in [0.1, 0.15) is 48.0 Å². The number of urea groups is 1. The molecule has 1 saturated carbocycles. The van der Waals surface area contributed by atoms with E-state index in [0.29, 0.717) is 25.2 Å². The molecule has 4 amide bonds. The van der Waals surface area contributed by atoms with Crippen molar-refractivity contribution in [2.24, 2.45) is 0 Å². The van der Waals surface area contributed by atoms with Crippen molar-refractivity contribution in [1.82, 2.24) is 20.4 Å². The van der Waals surface area contributed by atoms with Crippen molar-refractivity contribution in [3.05, 3.63) is 35.4 Å². The fraction of sp³-hybridized carbons (Fsp3) is 0.571. The van der Waals surface area contributed by atoms with E-state index in [-0.39, 0.29) is 24.4 Å². The van der Waals surface area contributed by atoms with Gasteiger partial charge in [-0.1, -0.05) is 30.5 Å². The Morgan fingerprint density at radius 3 is 2.57 bits per heavy atom. The van der Waals surface area contributed by atoms with Gasteiger partial charge in [-0.3, -0.25) is 19.8 Å². The van der Waals surface area contributed by atoms with Crippen LogP contribution in [0.25, 0.3) is 0 Å². The summed E-state index contributed by atoms with van der Waals surface area (Å²) < 4.78 is 0. The lowest BCUT2D eigenvalue weighted by molar-refractivity contribution is -0.121. The van der Waals surface area contributed by atoms with Crippen LogP contribution in [0.3, 0.4) is 0 Å². The summed E-state index contributed by atoms with van der Waals surface area (Å²) in [5.41, 5.74) is 1.77. The summed E-state index contributed by atoms with van der Waals surface area (Å²) in [5.74, 6) is -0.264. The van der Waals surface area contributed by atoms with Crippen molar-refractivity contribution in [3.63, 3.8) is 0 Å². The Balaban J connectivity index is 1.44. The fourth-order valence-corrected chi connectivity index (χ4v) is 3.95. The van der Waals surface area contributed by atoms with Gasteiger partial charge in [-0.15, -0.1) is 0 Å². The number of aryl methyl sites for hydroxylation is 1. The Morgan fingerprint density at radius 1 is 1.04 bits per heavy atom. The number of benzene rings is 1. The van der Waals surface area contributed by atoms with Crippen LogP contribution in [0.2, 0.25) is 0 Å². The molecule has 3 rings (SSSR count). The van der Waals surface area contributed by atoms with Crippen LogP contribution in [0.5, 0.6) is 0 Å². The highest BCUT2D eigenvalue weighted by Gasteiger charge is 2.23. The molecule has 1 heterocycles. The summed E-state index contributed by atoms with van der Waals surface area (Å²) in [4.78, 5) is 40.7. The van der Waals surface area contributed by atoms with Gasteiger partial charge in [-0.2, -0.15) is 0 Å². The molecule has 0 spiro atoms. The second-order valence-electron chi connectivity index (χ2n) is 7.79. The summed E-state index contributed by atoms with van der Waals surface area (Å²) in [6, 6.07) is 7.40. The highest BCUT2D eigenvalue weighted by Crippen LogP contribution is 2.17. The lowest BCUT2D eigenvalue weighted by Crippen LogP contribution is -2.47. The molecule has 1 aliphatic carbocycles. The van der Waals surface area contributed by atoms with Gasteiger partial charge in [0.05, 0.1) is 6.54 Å². The minimum absolute atomic E-state index is 0.0333. The first-order valence-corrected chi connectivity index (χ1v) is 10.2. The quantitative estimate of drug-likeness (QED) is 0.828. The van der Waals surface area contributed by atoms with Crippen LogP contribution >= 0.6 is 0 Å². The zero-order chi connectivity index (χ0) is 19.9. The molecular weight excluding hydrogens is 356 g/mol. The molecule has 7 heteroatoms. The zero-order valence-corrected chi connectivity index (χ0v) is 16.6. The van der Waals surface area contributed by atoms with E-state index in [0.717, 1.165) is 44.2 Å². The molecule has 28 heavy (non-hydrogen) atoms. The van der Waals surface area contributed by atoms with E-state index in [1.165, 1.54) is 0 Å². The summed E-state index contributed by atoms with van der Waals surface area (Å²) in [6.07, 6.45) is 5.03. The smallest absolute Gasteiger partial charge is 0.321 e. The van der Waals surface area contributed by atoms with Gasteiger partial charge in [0.2, 0.25) is 5.91 Å². The van der Waals surface area contributed by atoms with Gasteiger partial charge in [0.15, 0.2) is 0 Å². The van der Waals surface area contributed by atoms with E-state index in [1.54, 1.807) is 0 Å². The maximum Gasteiger partial charge on any atom is 0.321 e. The molecule has 0 aromatic heterocycles. The largest absolute Gasteiger partial charge is 0.337 e. The van der Waals surface area contributed by atoms with Gasteiger partial charge in [0.1, 0.15) is 0 Å². The van der Waals surface area contributed by atoms with E-state index in [2.05, 4.69) is 10.6 Å². The molecule has 2 N–H and O–H groups in total. The lowest BCUT2D eigenvalue weighted by atomic mass is 10.1. The van der Waals surface area contributed by atoms with Crippen LogP contribution in [-0.2, 0) is 4.79 Å². The first-order chi connectivity index (χ1) is 13.5. The third-order valence-electron chi connectivity index (χ3n) is 5.45. The molecule has 1 aromatic rings.